The fraction of sp³-hybridized carbons (Fsp3) is 0.231. The number of hydrogen-bond donors (Lipinski definition) is 0. The van der Waals surface area contributed by atoms with Crippen LogP contribution in [0.3, 0.4) is 0 Å². The molecule has 5 aromatic rings. The first-order valence-corrected chi connectivity index (χ1v) is 15.1. The lowest BCUT2D eigenvalue weighted by molar-refractivity contribution is 0.163. The number of fused-ring (bicyclic) bond motifs is 10. The molecule has 1 fully saturated rings. The fourth-order valence-electron chi connectivity index (χ4n) is 7.99. The number of benzene rings is 5. The van der Waals surface area contributed by atoms with Crippen molar-refractivity contribution in [2.24, 2.45) is 0 Å². The van der Waals surface area contributed by atoms with Crippen molar-refractivity contribution in [1.29, 1.82) is 0 Å². The molecule has 1 spiro atoms. The molecule has 0 saturated heterocycles. The van der Waals surface area contributed by atoms with Gasteiger partial charge in [0.2, 0.25) is 0 Å². The Bertz CT molecular complexity index is 1840. The molecule has 1 aliphatic heterocycles. The largest absolute Gasteiger partial charge is 0.497 e. The van der Waals surface area contributed by atoms with Crippen molar-refractivity contribution in [1.82, 2.24) is 0 Å². The Morgan fingerprint density at radius 3 is 2.07 bits per heavy atom. The van der Waals surface area contributed by atoms with Crippen LogP contribution in [0.15, 0.2) is 103 Å². The zero-order valence-electron chi connectivity index (χ0n) is 23.8. The summed E-state index contributed by atoms with van der Waals surface area (Å²) < 4.78 is 27.0. The summed E-state index contributed by atoms with van der Waals surface area (Å²) in [6.07, 6.45) is 11.8. The van der Waals surface area contributed by atoms with Gasteiger partial charge in [-0.15, -0.1) is 0 Å². The van der Waals surface area contributed by atoms with E-state index in [0.717, 1.165) is 40.9 Å². The quantitative estimate of drug-likeness (QED) is 0.222. The molecule has 1 unspecified atom stereocenters. The molecular formula is C39H33FO2. The minimum atomic E-state index is -0.925. The second kappa shape index (κ2) is 9.59. The first-order chi connectivity index (χ1) is 20.6. The van der Waals surface area contributed by atoms with Crippen LogP contribution < -0.4 is 9.47 Å². The Hall–Kier alpha value is -4.37. The number of rotatable bonds is 3. The van der Waals surface area contributed by atoms with Crippen molar-refractivity contribution >= 4 is 16.8 Å². The molecule has 42 heavy (non-hydrogen) atoms. The number of hydrogen-bond acceptors (Lipinski definition) is 2. The van der Waals surface area contributed by atoms with Crippen LogP contribution in [0.4, 0.5) is 4.39 Å². The van der Waals surface area contributed by atoms with E-state index >= 15 is 0 Å². The summed E-state index contributed by atoms with van der Waals surface area (Å²) in [6.45, 7) is 0. The maximum atomic E-state index is 14.2. The third kappa shape index (κ3) is 3.56. The van der Waals surface area contributed by atoms with Crippen LogP contribution in [0.5, 0.6) is 11.5 Å². The van der Waals surface area contributed by atoms with Crippen LogP contribution in [-0.2, 0) is 11.0 Å². The molecule has 208 valence electrons. The van der Waals surface area contributed by atoms with Gasteiger partial charge in [-0.3, -0.25) is 0 Å². The standard InChI is InChI=1S/C39H33FO2/c1-41-29-20-16-27(17-21-29)39(26-14-18-28(40)19-15-26)25-22-33-36-35(30-10-4-5-11-31(30)37(33)42-39)32-12-6-7-13-34(32)38(36)23-8-2-3-9-24-38/h4-7,10-22,25H,2-3,8-9,23-24H2,1H3. The molecule has 2 aliphatic carbocycles. The Labute approximate surface area is 246 Å². The molecule has 0 aromatic heterocycles. The lowest BCUT2D eigenvalue weighted by Gasteiger charge is -2.39. The first kappa shape index (κ1) is 25.3. The summed E-state index contributed by atoms with van der Waals surface area (Å²) in [5.74, 6) is 1.42. The van der Waals surface area contributed by atoms with E-state index < -0.39 is 5.60 Å². The molecule has 2 nitrogen and oxygen atoms in total. The topological polar surface area (TPSA) is 18.5 Å². The van der Waals surface area contributed by atoms with Crippen LogP contribution in [0.1, 0.15) is 66.3 Å². The molecule has 1 heterocycles. The van der Waals surface area contributed by atoms with E-state index in [2.05, 4.69) is 72.8 Å². The fourth-order valence-corrected chi connectivity index (χ4v) is 7.99. The second-order valence-corrected chi connectivity index (χ2v) is 12.0. The number of halogens is 1. The van der Waals surface area contributed by atoms with Crippen LogP contribution in [-0.4, -0.2) is 7.11 Å². The molecule has 0 amide bonds. The average Bonchev–Trinajstić information content (AvgIpc) is 3.15. The van der Waals surface area contributed by atoms with E-state index in [-0.39, 0.29) is 11.2 Å². The van der Waals surface area contributed by atoms with Crippen LogP contribution in [0, 0.1) is 5.82 Å². The van der Waals surface area contributed by atoms with Crippen molar-refractivity contribution in [2.75, 3.05) is 7.11 Å². The van der Waals surface area contributed by atoms with Gasteiger partial charge in [0.1, 0.15) is 17.3 Å². The predicted octanol–water partition coefficient (Wildman–Crippen LogP) is 9.96. The molecule has 0 radical (unpaired) electrons. The SMILES string of the molecule is COc1ccc(C2(c3ccc(F)cc3)C=Cc3c4c(c5ccccc5c3O2)-c2ccccc2C42CCCCCC2)cc1. The van der Waals surface area contributed by atoms with Gasteiger partial charge in [-0.1, -0.05) is 105 Å². The molecule has 3 aliphatic rings. The molecule has 1 atom stereocenters. The zero-order chi connectivity index (χ0) is 28.3. The van der Waals surface area contributed by atoms with Crippen molar-refractivity contribution in [2.45, 2.75) is 49.5 Å². The van der Waals surface area contributed by atoms with Gasteiger partial charge in [0.15, 0.2) is 5.60 Å². The Morgan fingerprint density at radius 2 is 1.36 bits per heavy atom. The van der Waals surface area contributed by atoms with Gasteiger partial charge in [-0.2, -0.15) is 0 Å². The van der Waals surface area contributed by atoms with Crippen molar-refractivity contribution in [3.8, 4) is 22.6 Å². The lowest BCUT2D eigenvalue weighted by Crippen LogP contribution is -2.35. The van der Waals surface area contributed by atoms with Crippen molar-refractivity contribution in [3.63, 3.8) is 0 Å². The van der Waals surface area contributed by atoms with Crippen molar-refractivity contribution < 1.29 is 13.9 Å². The lowest BCUT2D eigenvalue weighted by atomic mass is 9.70. The summed E-state index contributed by atoms with van der Waals surface area (Å²) in [6, 6.07) is 32.5. The third-order valence-corrected chi connectivity index (χ3v) is 9.89. The average molecular weight is 553 g/mol. The molecule has 5 aromatic carbocycles. The minimum Gasteiger partial charge on any atom is -0.497 e. The minimum absolute atomic E-state index is 0.0275. The van der Waals surface area contributed by atoms with E-state index in [1.54, 1.807) is 7.11 Å². The summed E-state index contributed by atoms with van der Waals surface area (Å²) in [7, 11) is 1.67. The maximum absolute atomic E-state index is 14.2. The smallest absolute Gasteiger partial charge is 0.178 e. The summed E-state index contributed by atoms with van der Waals surface area (Å²) in [5.41, 5.74) is 7.72. The highest BCUT2D eigenvalue weighted by Gasteiger charge is 2.48. The number of methoxy groups -OCH3 is 1. The molecule has 3 heteroatoms. The Morgan fingerprint density at radius 1 is 0.714 bits per heavy atom. The molecule has 1 saturated carbocycles. The van der Waals surface area contributed by atoms with E-state index in [1.807, 2.05) is 24.3 Å². The highest BCUT2D eigenvalue weighted by atomic mass is 19.1. The van der Waals surface area contributed by atoms with Gasteiger partial charge in [0.05, 0.1) is 7.11 Å². The van der Waals surface area contributed by atoms with E-state index in [0.29, 0.717) is 0 Å². The van der Waals surface area contributed by atoms with Gasteiger partial charge in [-0.25, -0.2) is 4.39 Å². The van der Waals surface area contributed by atoms with Gasteiger partial charge < -0.3 is 9.47 Å². The van der Waals surface area contributed by atoms with Crippen LogP contribution in [0.2, 0.25) is 0 Å². The highest BCUT2D eigenvalue weighted by molar-refractivity contribution is 6.08. The van der Waals surface area contributed by atoms with E-state index in [4.69, 9.17) is 9.47 Å². The van der Waals surface area contributed by atoms with Gasteiger partial charge in [0.25, 0.3) is 0 Å². The Kier molecular flexibility index (Phi) is 5.79. The number of ether oxygens (including phenoxy) is 2. The molecule has 8 rings (SSSR count). The normalized spacial score (nSPS) is 20.0. The summed E-state index contributed by atoms with van der Waals surface area (Å²) in [4.78, 5) is 0. The van der Waals surface area contributed by atoms with Gasteiger partial charge >= 0.3 is 0 Å². The predicted molar refractivity (Wildman–Crippen MR) is 168 cm³/mol. The maximum Gasteiger partial charge on any atom is 0.178 e. The zero-order valence-corrected chi connectivity index (χ0v) is 23.8. The first-order valence-electron chi connectivity index (χ1n) is 15.1. The monoisotopic (exact) mass is 552 g/mol. The van der Waals surface area contributed by atoms with Gasteiger partial charge in [-0.05, 0) is 70.8 Å². The van der Waals surface area contributed by atoms with E-state index in [9.17, 15) is 4.39 Å². The Balaban J connectivity index is 1.43. The molecule has 0 N–H and O–H groups in total. The van der Waals surface area contributed by atoms with Crippen LogP contribution in [0.25, 0.3) is 28.0 Å². The third-order valence-electron chi connectivity index (χ3n) is 9.89. The van der Waals surface area contributed by atoms with Crippen LogP contribution >= 0.6 is 0 Å². The van der Waals surface area contributed by atoms with Crippen molar-refractivity contribution in [3.05, 3.63) is 137 Å². The molecule has 0 bridgehead atoms. The van der Waals surface area contributed by atoms with E-state index in [1.165, 1.54) is 71.0 Å². The second-order valence-electron chi connectivity index (χ2n) is 12.0. The highest BCUT2D eigenvalue weighted by Crippen LogP contribution is 2.61. The summed E-state index contributed by atoms with van der Waals surface area (Å²) in [5, 5.41) is 2.34. The molecular weight excluding hydrogens is 519 g/mol. The van der Waals surface area contributed by atoms with Gasteiger partial charge in [0, 0.05) is 27.5 Å². The summed E-state index contributed by atoms with van der Waals surface area (Å²) >= 11 is 0.